The molecule has 0 aliphatic heterocycles. The van der Waals surface area contributed by atoms with Crippen LogP contribution in [0.15, 0.2) is 59.6 Å². The van der Waals surface area contributed by atoms with Gasteiger partial charge < -0.3 is 76.5 Å². The summed E-state index contributed by atoms with van der Waals surface area (Å²) in [6.07, 6.45) is 3.78. The van der Waals surface area contributed by atoms with Gasteiger partial charge in [0.05, 0.1) is 0 Å². The minimum atomic E-state index is -1.02. The van der Waals surface area contributed by atoms with Gasteiger partial charge in [0, 0.05) is 6.54 Å². The highest BCUT2D eigenvalue weighted by molar-refractivity contribution is 5.76. The highest BCUT2D eigenvalue weighted by atomic mass is 16.4. The lowest BCUT2D eigenvalue weighted by Crippen LogP contribution is -2.34. The number of aliphatic imine (C=N–C) groups is 1. The second-order valence-corrected chi connectivity index (χ2v) is 12.2. The number of unbranched alkanes of at least 4 members (excludes halogenated alkanes) is 1. The van der Waals surface area contributed by atoms with E-state index in [2.05, 4.69) is 4.99 Å². The Kier molecular flexibility index (Phi) is 31.5. The van der Waals surface area contributed by atoms with Gasteiger partial charge in [-0.05, 0) is 74.2 Å². The van der Waals surface area contributed by atoms with Crippen molar-refractivity contribution in [1.82, 2.24) is 0 Å². The third-order valence-electron chi connectivity index (χ3n) is 6.90. The van der Waals surface area contributed by atoms with Crippen LogP contribution in [0.1, 0.15) is 57.1 Å². The van der Waals surface area contributed by atoms with Crippen molar-refractivity contribution in [3.8, 4) is 5.75 Å². The molecule has 0 heterocycles. The number of carboxylic acids is 5. The zero-order valence-electron chi connectivity index (χ0n) is 31.3. The molecule has 0 aliphatic rings. The number of carboxylic acid groups (broad SMARTS) is 5. The normalized spacial score (nSPS) is 12.7. The first-order valence-electron chi connectivity index (χ1n) is 17.1. The molecule has 0 fully saturated rings. The van der Waals surface area contributed by atoms with E-state index in [4.69, 9.17) is 76.5 Å². The Labute approximate surface area is 320 Å². The maximum atomic E-state index is 10.4. The van der Waals surface area contributed by atoms with E-state index in [1.54, 1.807) is 26.0 Å². The van der Waals surface area contributed by atoms with Crippen LogP contribution in [-0.4, -0.2) is 110 Å². The van der Waals surface area contributed by atoms with E-state index in [9.17, 15) is 24.0 Å². The second-order valence-electron chi connectivity index (χ2n) is 12.2. The molecule has 0 saturated heterocycles. The van der Waals surface area contributed by atoms with Crippen molar-refractivity contribution in [2.24, 2.45) is 56.8 Å². The van der Waals surface area contributed by atoms with Gasteiger partial charge >= 0.3 is 29.8 Å². The molecule has 0 radical (unpaired) electrons. The number of benzene rings is 2. The second kappa shape index (κ2) is 32.1. The Morgan fingerprint density at radius 2 is 0.982 bits per heavy atom. The van der Waals surface area contributed by atoms with E-state index < -0.39 is 60.1 Å². The van der Waals surface area contributed by atoms with E-state index in [1.165, 1.54) is 12.1 Å². The summed E-state index contributed by atoms with van der Waals surface area (Å²) in [5.74, 6) is -4.65. The Morgan fingerprint density at radius 1 is 0.582 bits per heavy atom. The molecule has 0 saturated carbocycles. The Hall–Kier alpha value is -5.38. The van der Waals surface area contributed by atoms with Crippen LogP contribution in [0.5, 0.6) is 5.75 Å². The summed E-state index contributed by atoms with van der Waals surface area (Å²) in [6.45, 7) is 4.58. The molecule has 2 rings (SSSR count). The summed E-state index contributed by atoms with van der Waals surface area (Å²) in [6, 6.07) is 11.7. The summed E-state index contributed by atoms with van der Waals surface area (Å²) in [7, 11) is 0. The molecule has 0 aromatic heterocycles. The monoisotopic (exact) mass is 783 g/mol. The Bertz CT molecular complexity index is 1400. The van der Waals surface area contributed by atoms with Crippen molar-refractivity contribution in [3.63, 3.8) is 0 Å². The predicted octanol–water partition coefficient (Wildman–Crippen LogP) is -0.979. The lowest BCUT2D eigenvalue weighted by atomic mass is 10.1. The average molecular weight is 784 g/mol. The number of nitrogens with zero attached hydrogens (tertiary/aromatic N) is 1. The number of phenols is 1. The molecule has 0 aliphatic carbocycles. The van der Waals surface area contributed by atoms with Crippen molar-refractivity contribution in [1.29, 1.82) is 0 Å². The first-order valence-corrected chi connectivity index (χ1v) is 17.1. The van der Waals surface area contributed by atoms with Crippen LogP contribution in [0.25, 0.3) is 0 Å². The molecule has 2 aromatic rings. The zero-order valence-corrected chi connectivity index (χ0v) is 31.3. The Balaban J connectivity index is -0.000000621. The predicted molar refractivity (Wildman–Crippen MR) is 208 cm³/mol. The molecule has 22 N–H and O–H groups in total. The molecule has 20 nitrogen and oxygen atoms in total. The van der Waals surface area contributed by atoms with Crippen molar-refractivity contribution in [3.05, 3.63) is 65.7 Å². The SMILES string of the molecule is CC(C)C(N)C(=O)O.NC(Cc1ccc(O)cc1)C(=O)O.NC(Cc1ccccc1)C(=O)O.NC(N)=NCCCC(N)C(=O)O.NCCCCC(N)C(=O)O. The first kappa shape index (κ1) is 54.0. The third kappa shape index (κ3) is 33.0. The fourth-order valence-electron chi connectivity index (χ4n) is 3.49. The largest absolute Gasteiger partial charge is 0.508 e. The fraction of sp³-hybridized carbons (Fsp3) is 0.486. The summed E-state index contributed by atoms with van der Waals surface area (Å²) in [5, 5.41) is 50.9. The minimum absolute atomic E-state index is 0.0129. The molecule has 0 amide bonds. The van der Waals surface area contributed by atoms with Crippen LogP contribution in [0.4, 0.5) is 0 Å². The number of rotatable bonds is 18. The highest BCUT2D eigenvalue weighted by Gasteiger charge is 2.15. The summed E-state index contributed by atoms with van der Waals surface area (Å²) >= 11 is 0. The number of hydrogen-bond donors (Lipinski definition) is 14. The van der Waals surface area contributed by atoms with Gasteiger partial charge in [-0.2, -0.15) is 0 Å². The number of carbonyl (C=O) groups is 5. The van der Waals surface area contributed by atoms with Crippen LogP contribution in [-0.2, 0) is 36.8 Å². The number of phenolic OH excluding ortho intramolecular Hbond substituents is 1. The van der Waals surface area contributed by atoms with Crippen LogP contribution in [0.2, 0.25) is 0 Å². The lowest BCUT2D eigenvalue weighted by molar-refractivity contribution is -0.140. The molecule has 5 unspecified atom stereocenters. The number of aromatic hydroxyl groups is 1. The van der Waals surface area contributed by atoms with Crippen LogP contribution < -0.4 is 45.9 Å². The lowest BCUT2D eigenvalue weighted by Gasteiger charge is -2.07. The van der Waals surface area contributed by atoms with Gasteiger partial charge in [0.1, 0.15) is 36.0 Å². The number of hydrogen-bond acceptors (Lipinski definition) is 13. The third-order valence-corrected chi connectivity index (χ3v) is 6.90. The van der Waals surface area contributed by atoms with Gasteiger partial charge in [0.25, 0.3) is 0 Å². The van der Waals surface area contributed by atoms with E-state index >= 15 is 0 Å². The molecule has 20 heteroatoms. The van der Waals surface area contributed by atoms with E-state index in [-0.39, 0.29) is 24.0 Å². The van der Waals surface area contributed by atoms with Crippen LogP contribution >= 0.6 is 0 Å². The number of aliphatic carboxylic acids is 5. The maximum Gasteiger partial charge on any atom is 0.320 e. The maximum absolute atomic E-state index is 10.4. The molecule has 2 aromatic carbocycles. The molecule has 55 heavy (non-hydrogen) atoms. The van der Waals surface area contributed by atoms with Gasteiger partial charge in [-0.25, -0.2) is 0 Å². The standard InChI is InChI=1S/C9H11NO3.C9H11NO2.C6H14N4O2.C6H14N2O2.C5H11NO2/c10-8(9(12)13)5-6-1-3-7(11)4-2-6;10-8(9(11)12)6-7-4-2-1-3-5-7;7-4(5(11)12)2-1-3-10-6(8)9;7-4-2-1-3-5(8)6(9)10;1-3(2)4(6)5(7)8/h1-4,8,11H,5,10H2,(H,12,13);1-5,8H,6,10H2,(H,11,12);4H,1-3,7H2,(H,11,12)(H4,8,9,10);5H,1-4,7-8H2,(H,9,10);3-4H,6H2,1-2H3,(H,7,8). The van der Waals surface area contributed by atoms with Gasteiger partial charge in [-0.3, -0.25) is 29.0 Å². The molecular weight excluding hydrogens is 722 g/mol. The smallest absolute Gasteiger partial charge is 0.320 e. The van der Waals surface area contributed by atoms with Gasteiger partial charge in [0.2, 0.25) is 0 Å². The van der Waals surface area contributed by atoms with Crippen LogP contribution in [0.3, 0.4) is 0 Å². The van der Waals surface area contributed by atoms with Gasteiger partial charge in [0.15, 0.2) is 5.96 Å². The molecule has 312 valence electrons. The van der Waals surface area contributed by atoms with Gasteiger partial charge in [-0.1, -0.05) is 62.7 Å². The fourth-order valence-corrected chi connectivity index (χ4v) is 3.49. The molecule has 0 spiro atoms. The molecule has 5 atom stereocenters. The quantitative estimate of drug-likeness (QED) is 0.0490. The Morgan fingerprint density at radius 3 is 1.31 bits per heavy atom. The highest BCUT2D eigenvalue weighted by Crippen LogP contribution is 2.10. The topological polar surface area (TPSA) is 427 Å². The van der Waals surface area contributed by atoms with Crippen molar-refractivity contribution >= 4 is 35.8 Å². The van der Waals surface area contributed by atoms with E-state index in [1.807, 2.05) is 30.3 Å². The zero-order chi connectivity index (χ0) is 43.1. The number of nitrogens with two attached hydrogens (primary N) is 8. The first-order chi connectivity index (χ1) is 25.6. The minimum Gasteiger partial charge on any atom is -0.508 e. The average Bonchev–Trinajstić information content (AvgIpc) is 3.11. The molecule has 0 bridgehead atoms. The van der Waals surface area contributed by atoms with E-state index in [0.29, 0.717) is 38.8 Å². The summed E-state index contributed by atoms with van der Waals surface area (Å²) < 4.78 is 0. The van der Waals surface area contributed by atoms with Gasteiger partial charge in [-0.15, -0.1) is 0 Å². The summed E-state index contributed by atoms with van der Waals surface area (Å²) in [5.41, 5.74) is 43.3. The number of guanidine groups is 1. The van der Waals surface area contributed by atoms with Crippen molar-refractivity contribution < 1.29 is 54.6 Å². The summed E-state index contributed by atoms with van der Waals surface area (Å²) in [4.78, 5) is 54.8. The molecular formula is C35H61N9O11. The van der Waals surface area contributed by atoms with Crippen LogP contribution in [0, 0.1) is 5.92 Å². The van der Waals surface area contributed by atoms with Crippen molar-refractivity contribution in [2.45, 2.75) is 89.0 Å². The van der Waals surface area contributed by atoms with E-state index in [0.717, 1.165) is 24.0 Å². The van der Waals surface area contributed by atoms with Crippen molar-refractivity contribution in [2.75, 3.05) is 13.1 Å².